The predicted molar refractivity (Wildman–Crippen MR) is 98.9 cm³/mol. The first-order valence-electron chi connectivity index (χ1n) is 8.66. The van der Waals surface area contributed by atoms with Gasteiger partial charge in [-0.25, -0.2) is 0 Å². The van der Waals surface area contributed by atoms with Gasteiger partial charge in [0.1, 0.15) is 0 Å². The van der Waals surface area contributed by atoms with Crippen molar-refractivity contribution in [2.45, 2.75) is 39.0 Å². The maximum absolute atomic E-state index is 12.5. The smallest absolute Gasteiger partial charge is 0.220 e. The van der Waals surface area contributed by atoms with Gasteiger partial charge in [0.25, 0.3) is 0 Å². The van der Waals surface area contributed by atoms with Gasteiger partial charge < -0.3 is 15.2 Å². The van der Waals surface area contributed by atoms with Crippen LogP contribution in [0.5, 0.6) is 0 Å². The molecule has 1 aromatic carbocycles. The van der Waals surface area contributed by atoms with Crippen molar-refractivity contribution < 1.29 is 14.6 Å². The Hall–Kier alpha value is -0.910. The zero-order chi connectivity index (χ0) is 17.6. The maximum atomic E-state index is 12.5. The number of rotatable bonds is 7. The van der Waals surface area contributed by atoms with Gasteiger partial charge in [0.15, 0.2) is 0 Å². The Morgan fingerprint density at radius 1 is 1.29 bits per heavy atom. The molecule has 0 aliphatic carbocycles. The summed E-state index contributed by atoms with van der Waals surface area (Å²) in [4.78, 5) is 12.5. The summed E-state index contributed by atoms with van der Waals surface area (Å²) in [6.07, 6.45) is 2.06. The van der Waals surface area contributed by atoms with E-state index in [1.54, 1.807) is 0 Å². The lowest BCUT2D eigenvalue weighted by Gasteiger charge is -2.35. The predicted octanol–water partition coefficient (Wildman–Crippen LogP) is 3.48. The van der Waals surface area contributed by atoms with Crippen LogP contribution in [0.1, 0.15) is 44.6 Å². The van der Waals surface area contributed by atoms with Crippen molar-refractivity contribution in [1.82, 2.24) is 5.32 Å². The Morgan fingerprint density at radius 2 is 1.92 bits per heavy atom. The molecule has 0 spiro atoms. The first-order chi connectivity index (χ1) is 11.5. The largest absolute Gasteiger partial charge is 0.396 e. The zero-order valence-electron chi connectivity index (χ0n) is 14.6. The van der Waals surface area contributed by atoms with Crippen LogP contribution in [0, 0.1) is 11.3 Å². The van der Waals surface area contributed by atoms with Crippen molar-refractivity contribution in [1.29, 1.82) is 0 Å². The third kappa shape index (κ3) is 5.30. The highest BCUT2D eigenvalue weighted by Crippen LogP contribution is 2.31. The number of hydrogen-bond donors (Lipinski definition) is 2. The van der Waals surface area contributed by atoms with Crippen molar-refractivity contribution >= 4 is 21.8 Å². The van der Waals surface area contributed by atoms with E-state index in [0.717, 1.165) is 17.3 Å². The number of hydrogen-bond acceptors (Lipinski definition) is 3. The minimum absolute atomic E-state index is 0.0518. The number of amides is 1. The van der Waals surface area contributed by atoms with Gasteiger partial charge in [-0.05, 0) is 42.4 Å². The highest BCUT2D eigenvalue weighted by Gasteiger charge is 2.32. The van der Waals surface area contributed by atoms with Crippen LogP contribution in [0.2, 0.25) is 0 Å². The van der Waals surface area contributed by atoms with Gasteiger partial charge in [-0.1, -0.05) is 41.9 Å². The second-order valence-corrected chi connectivity index (χ2v) is 8.07. The standard InChI is InChI=1S/C19H28BrNO3/c1-14(2)17(15-3-5-16(20)6-4-15)11-18(23)21-12-19(13-22)7-9-24-10-8-19/h3-6,14,17,22H,7-13H2,1-2H3,(H,21,23). The summed E-state index contributed by atoms with van der Waals surface area (Å²) in [5.74, 6) is 0.626. The van der Waals surface area contributed by atoms with Crippen LogP contribution in [-0.4, -0.2) is 37.4 Å². The van der Waals surface area contributed by atoms with Crippen molar-refractivity contribution in [3.8, 4) is 0 Å². The number of carbonyl (C=O) groups excluding carboxylic acids is 1. The molecule has 0 saturated carbocycles. The maximum Gasteiger partial charge on any atom is 0.220 e. The number of ether oxygens (including phenoxy) is 1. The normalized spacial score (nSPS) is 18.4. The molecule has 2 rings (SSSR count). The van der Waals surface area contributed by atoms with E-state index in [1.807, 2.05) is 12.1 Å². The second-order valence-electron chi connectivity index (χ2n) is 7.15. The fourth-order valence-corrected chi connectivity index (χ4v) is 3.47. The van der Waals surface area contributed by atoms with Crippen LogP contribution < -0.4 is 5.32 Å². The average Bonchev–Trinajstić information content (AvgIpc) is 2.59. The van der Waals surface area contributed by atoms with E-state index >= 15 is 0 Å². The van der Waals surface area contributed by atoms with Crippen molar-refractivity contribution in [2.75, 3.05) is 26.4 Å². The number of aliphatic hydroxyl groups is 1. The molecule has 0 aromatic heterocycles. The summed E-state index contributed by atoms with van der Waals surface area (Å²) in [5.41, 5.74) is 0.963. The fourth-order valence-electron chi connectivity index (χ4n) is 3.20. The first kappa shape index (κ1) is 19.4. The fraction of sp³-hybridized carbons (Fsp3) is 0.632. The van der Waals surface area contributed by atoms with Gasteiger partial charge in [-0.3, -0.25) is 4.79 Å². The average molecular weight is 398 g/mol. The molecule has 1 aromatic rings. The quantitative estimate of drug-likeness (QED) is 0.740. The van der Waals surface area contributed by atoms with Gasteiger partial charge in [-0.15, -0.1) is 0 Å². The van der Waals surface area contributed by atoms with Gasteiger partial charge >= 0.3 is 0 Å². The van der Waals surface area contributed by atoms with E-state index in [4.69, 9.17) is 4.74 Å². The zero-order valence-corrected chi connectivity index (χ0v) is 16.1. The molecule has 5 heteroatoms. The number of halogens is 1. The van der Waals surface area contributed by atoms with E-state index in [9.17, 15) is 9.90 Å². The molecule has 1 amide bonds. The van der Waals surface area contributed by atoms with E-state index in [0.29, 0.717) is 32.1 Å². The number of aliphatic hydroxyl groups excluding tert-OH is 1. The monoisotopic (exact) mass is 397 g/mol. The Kier molecular flexibility index (Phi) is 7.26. The van der Waals surface area contributed by atoms with Gasteiger partial charge in [0.05, 0.1) is 6.61 Å². The summed E-state index contributed by atoms with van der Waals surface area (Å²) >= 11 is 3.45. The number of carbonyl (C=O) groups is 1. The van der Waals surface area contributed by atoms with E-state index in [2.05, 4.69) is 47.2 Å². The summed E-state index contributed by atoms with van der Waals surface area (Å²) < 4.78 is 6.41. The van der Waals surface area contributed by atoms with Gasteiger partial charge in [0, 0.05) is 36.1 Å². The lowest BCUT2D eigenvalue weighted by molar-refractivity contribution is -0.123. The molecule has 4 nitrogen and oxygen atoms in total. The third-order valence-corrected chi connectivity index (χ3v) is 5.59. The topological polar surface area (TPSA) is 58.6 Å². The molecule has 2 N–H and O–H groups in total. The molecular formula is C19H28BrNO3. The van der Waals surface area contributed by atoms with Crippen molar-refractivity contribution in [3.05, 3.63) is 34.3 Å². The molecule has 0 bridgehead atoms. The number of benzene rings is 1. The molecule has 24 heavy (non-hydrogen) atoms. The Balaban J connectivity index is 1.94. The Morgan fingerprint density at radius 3 is 2.46 bits per heavy atom. The van der Waals surface area contributed by atoms with E-state index in [-0.39, 0.29) is 23.8 Å². The lowest BCUT2D eigenvalue weighted by Crippen LogP contribution is -2.44. The minimum Gasteiger partial charge on any atom is -0.396 e. The van der Waals surface area contributed by atoms with Crippen LogP contribution in [-0.2, 0) is 9.53 Å². The number of nitrogens with one attached hydrogen (secondary N) is 1. The molecule has 1 saturated heterocycles. The van der Waals surface area contributed by atoms with E-state index in [1.165, 1.54) is 5.56 Å². The van der Waals surface area contributed by atoms with Crippen LogP contribution in [0.15, 0.2) is 28.7 Å². The van der Waals surface area contributed by atoms with Gasteiger partial charge in [0.2, 0.25) is 5.91 Å². The molecule has 134 valence electrons. The summed E-state index contributed by atoms with van der Waals surface area (Å²) in [5, 5.41) is 12.8. The lowest BCUT2D eigenvalue weighted by atomic mass is 9.80. The Bertz CT molecular complexity index is 524. The molecule has 0 radical (unpaired) electrons. The minimum atomic E-state index is -0.223. The molecule has 1 fully saturated rings. The van der Waals surface area contributed by atoms with Crippen LogP contribution >= 0.6 is 15.9 Å². The third-order valence-electron chi connectivity index (χ3n) is 5.06. The van der Waals surface area contributed by atoms with Crippen LogP contribution in [0.3, 0.4) is 0 Å². The molecular weight excluding hydrogens is 370 g/mol. The molecule has 1 atom stereocenters. The summed E-state index contributed by atoms with van der Waals surface area (Å²) in [6.45, 7) is 6.23. The van der Waals surface area contributed by atoms with E-state index < -0.39 is 0 Å². The van der Waals surface area contributed by atoms with Crippen LogP contribution in [0.25, 0.3) is 0 Å². The first-order valence-corrected chi connectivity index (χ1v) is 9.46. The van der Waals surface area contributed by atoms with Gasteiger partial charge in [-0.2, -0.15) is 0 Å². The summed E-state index contributed by atoms with van der Waals surface area (Å²) in [6, 6.07) is 8.20. The Labute approximate surface area is 153 Å². The van der Waals surface area contributed by atoms with Crippen LogP contribution in [0.4, 0.5) is 0 Å². The van der Waals surface area contributed by atoms with Crippen molar-refractivity contribution in [3.63, 3.8) is 0 Å². The van der Waals surface area contributed by atoms with Crippen molar-refractivity contribution in [2.24, 2.45) is 11.3 Å². The molecule has 1 unspecified atom stereocenters. The molecule has 1 aliphatic rings. The molecule has 1 heterocycles. The highest BCUT2D eigenvalue weighted by molar-refractivity contribution is 9.10. The summed E-state index contributed by atoms with van der Waals surface area (Å²) in [7, 11) is 0. The molecule has 1 aliphatic heterocycles. The highest BCUT2D eigenvalue weighted by atomic mass is 79.9. The second kappa shape index (κ2) is 8.97. The SMILES string of the molecule is CC(C)C(CC(=O)NCC1(CO)CCOCC1)c1ccc(Br)cc1.